The Balaban J connectivity index is 1.61. The zero-order valence-electron chi connectivity index (χ0n) is 12.4. The minimum absolute atomic E-state index is 0.291. The number of hydrogen-bond acceptors (Lipinski definition) is 2. The van der Waals surface area contributed by atoms with Gasteiger partial charge in [-0.2, -0.15) is 0 Å². The van der Waals surface area contributed by atoms with Crippen LogP contribution in [0.5, 0.6) is 0 Å². The van der Waals surface area contributed by atoms with Crippen LogP contribution < -0.4 is 10.6 Å². The summed E-state index contributed by atoms with van der Waals surface area (Å²) in [6, 6.07) is 0.518. The summed E-state index contributed by atoms with van der Waals surface area (Å²) < 4.78 is 0. The van der Waals surface area contributed by atoms with Gasteiger partial charge in [0.1, 0.15) is 0 Å². The van der Waals surface area contributed by atoms with Gasteiger partial charge in [0, 0.05) is 18.5 Å². The molecular formula is C16H30N2O. The largest absolute Gasteiger partial charge is 0.354 e. The SMILES string of the molecule is CCCCC1CCC(C(=O)NCC2CCCN2)CC1. The molecule has 2 fully saturated rings. The van der Waals surface area contributed by atoms with Crippen molar-refractivity contribution in [1.82, 2.24) is 10.6 Å². The molecule has 0 aromatic carbocycles. The molecule has 110 valence electrons. The maximum absolute atomic E-state index is 12.1. The van der Waals surface area contributed by atoms with E-state index >= 15 is 0 Å². The second-order valence-electron chi connectivity index (χ2n) is 6.40. The van der Waals surface area contributed by atoms with Gasteiger partial charge in [-0.05, 0) is 51.0 Å². The minimum Gasteiger partial charge on any atom is -0.354 e. The van der Waals surface area contributed by atoms with Crippen LogP contribution in [0.3, 0.4) is 0 Å². The molecule has 1 unspecified atom stereocenters. The summed E-state index contributed by atoms with van der Waals surface area (Å²) in [7, 11) is 0. The summed E-state index contributed by atoms with van der Waals surface area (Å²) in [4.78, 5) is 12.1. The highest BCUT2D eigenvalue weighted by atomic mass is 16.1. The number of rotatable bonds is 6. The van der Waals surface area contributed by atoms with E-state index in [4.69, 9.17) is 0 Å². The van der Waals surface area contributed by atoms with Crippen LogP contribution in [0.1, 0.15) is 64.7 Å². The van der Waals surface area contributed by atoms with Gasteiger partial charge in [0.05, 0.1) is 0 Å². The summed E-state index contributed by atoms with van der Waals surface area (Å²) in [6.45, 7) is 4.20. The molecule has 1 heterocycles. The van der Waals surface area contributed by atoms with Crippen LogP contribution in [0.2, 0.25) is 0 Å². The van der Waals surface area contributed by atoms with Crippen LogP contribution in [-0.2, 0) is 4.79 Å². The normalized spacial score (nSPS) is 31.3. The molecule has 1 saturated heterocycles. The van der Waals surface area contributed by atoms with Crippen LogP contribution in [0.15, 0.2) is 0 Å². The molecule has 3 nitrogen and oxygen atoms in total. The lowest BCUT2D eigenvalue weighted by Crippen LogP contribution is -2.40. The van der Waals surface area contributed by atoms with Crippen LogP contribution in [0.25, 0.3) is 0 Å². The fourth-order valence-electron chi connectivity index (χ4n) is 3.51. The number of unbranched alkanes of at least 4 members (excludes halogenated alkanes) is 1. The van der Waals surface area contributed by atoms with Crippen molar-refractivity contribution in [2.75, 3.05) is 13.1 Å². The van der Waals surface area contributed by atoms with E-state index in [0.29, 0.717) is 17.9 Å². The van der Waals surface area contributed by atoms with Gasteiger partial charge in [0.15, 0.2) is 0 Å². The molecule has 1 saturated carbocycles. The molecule has 1 aliphatic carbocycles. The van der Waals surface area contributed by atoms with Crippen molar-refractivity contribution < 1.29 is 4.79 Å². The maximum atomic E-state index is 12.1. The first-order chi connectivity index (χ1) is 9.29. The first-order valence-electron chi connectivity index (χ1n) is 8.30. The highest BCUT2D eigenvalue weighted by molar-refractivity contribution is 5.78. The van der Waals surface area contributed by atoms with Crippen molar-refractivity contribution in [3.8, 4) is 0 Å². The van der Waals surface area contributed by atoms with Gasteiger partial charge in [-0.25, -0.2) is 0 Å². The zero-order chi connectivity index (χ0) is 13.5. The Hall–Kier alpha value is -0.570. The van der Waals surface area contributed by atoms with Gasteiger partial charge in [-0.1, -0.05) is 26.2 Å². The quantitative estimate of drug-likeness (QED) is 0.776. The fourth-order valence-corrected chi connectivity index (χ4v) is 3.51. The molecular weight excluding hydrogens is 236 g/mol. The molecule has 0 spiro atoms. The first kappa shape index (κ1) is 14.8. The number of carbonyl (C=O) groups is 1. The summed E-state index contributed by atoms with van der Waals surface area (Å²) in [5.74, 6) is 1.49. The summed E-state index contributed by atoms with van der Waals surface area (Å²) in [5, 5.41) is 6.58. The molecule has 1 amide bonds. The van der Waals surface area contributed by atoms with E-state index in [1.807, 2.05) is 0 Å². The highest BCUT2D eigenvalue weighted by Crippen LogP contribution is 2.31. The Morgan fingerprint density at radius 2 is 2.00 bits per heavy atom. The maximum Gasteiger partial charge on any atom is 0.223 e. The lowest BCUT2D eigenvalue weighted by molar-refractivity contribution is -0.126. The smallest absolute Gasteiger partial charge is 0.223 e. The number of carbonyl (C=O) groups excluding carboxylic acids is 1. The lowest BCUT2D eigenvalue weighted by atomic mass is 9.79. The zero-order valence-corrected chi connectivity index (χ0v) is 12.4. The summed E-state index contributed by atoms with van der Waals surface area (Å²) in [6.07, 6.45) is 11.2. The summed E-state index contributed by atoms with van der Waals surface area (Å²) >= 11 is 0. The topological polar surface area (TPSA) is 41.1 Å². The van der Waals surface area contributed by atoms with Crippen LogP contribution in [0, 0.1) is 11.8 Å². The molecule has 2 aliphatic rings. The second-order valence-corrected chi connectivity index (χ2v) is 6.40. The monoisotopic (exact) mass is 266 g/mol. The molecule has 0 aromatic heterocycles. The van der Waals surface area contributed by atoms with E-state index in [9.17, 15) is 4.79 Å². The number of amides is 1. The molecule has 19 heavy (non-hydrogen) atoms. The predicted octanol–water partition coefficient (Wildman–Crippen LogP) is 2.85. The Bertz CT molecular complexity index is 266. The molecule has 1 atom stereocenters. The van der Waals surface area contributed by atoms with E-state index in [1.165, 1.54) is 44.9 Å². The highest BCUT2D eigenvalue weighted by Gasteiger charge is 2.26. The third-order valence-corrected chi connectivity index (χ3v) is 4.87. The van der Waals surface area contributed by atoms with E-state index < -0.39 is 0 Å². The van der Waals surface area contributed by atoms with Crippen LogP contribution >= 0.6 is 0 Å². The van der Waals surface area contributed by atoms with Gasteiger partial charge < -0.3 is 10.6 Å². The first-order valence-corrected chi connectivity index (χ1v) is 8.30. The van der Waals surface area contributed by atoms with Crippen LogP contribution in [-0.4, -0.2) is 25.0 Å². The standard InChI is InChI=1S/C16H30N2O/c1-2-3-5-13-7-9-14(10-8-13)16(19)18-12-15-6-4-11-17-15/h13-15,17H,2-12H2,1H3,(H,18,19). The van der Waals surface area contributed by atoms with E-state index in [1.54, 1.807) is 0 Å². The molecule has 2 N–H and O–H groups in total. The third kappa shape index (κ3) is 4.79. The Morgan fingerprint density at radius 1 is 1.21 bits per heavy atom. The van der Waals surface area contributed by atoms with Gasteiger partial charge in [-0.15, -0.1) is 0 Å². The molecule has 0 bridgehead atoms. The molecule has 0 aromatic rings. The molecule has 0 radical (unpaired) electrons. The van der Waals surface area contributed by atoms with Gasteiger partial charge in [0.2, 0.25) is 5.91 Å². The lowest BCUT2D eigenvalue weighted by Gasteiger charge is -2.28. The second kappa shape index (κ2) is 7.88. The van der Waals surface area contributed by atoms with Crippen molar-refractivity contribution in [2.45, 2.75) is 70.8 Å². The van der Waals surface area contributed by atoms with Crippen molar-refractivity contribution in [3.63, 3.8) is 0 Å². The van der Waals surface area contributed by atoms with E-state index in [2.05, 4.69) is 17.6 Å². The average molecular weight is 266 g/mol. The average Bonchev–Trinajstić information content (AvgIpc) is 2.96. The molecule has 3 heteroatoms. The van der Waals surface area contributed by atoms with E-state index in [-0.39, 0.29) is 0 Å². The predicted molar refractivity (Wildman–Crippen MR) is 79.0 cm³/mol. The van der Waals surface area contributed by atoms with Crippen molar-refractivity contribution >= 4 is 5.91 Å². The third-order valence-electron chi connectivity index (χ3n) is 4.87. The van der Waals surface area contributed by atoms with Crippen molar-refractivity contribution in [1.29, 1.82) is 0 Å². The van der Waals surface area contributed by atoms with Gasteiger partial charge in [-0.3, -0.25) is 4.79 Å². The number of hydrogen-bond donors (Lipinski definition) is 2. The number of nitrogens with one attached hydrogen (secondary N) is 2. The molecule has 2 rings (SSSR count). The van der Waals surface area contributed by atoms with Crippen LogP contribution in [0.4, 0.5) is 0 Å². The Kier molecular flexibility index (Phi) is 6.15. The fraction of sp³-hybridized carbons (Fsp3) is 0.938. The summed E-state index contributed by atoms with van der Waals surface area (Å²) in [5.41, 5.74) is 0. The minimum atomic E-state index is 0.291. The van der Waals surface area contributed by atoms with E-state index in [0.717, 1.165) is 31.8 Å². The van der Waals surface area contributed by atoms with Crippen molar-refractivity contribution in [3.05, 3.63) is 0 Å². The van der Waals surface area contributed by atoms with Gasteiger partial charge >= 0.3 is 0 Å². The van der Waals surface area contributed by atoms with Crippen molar-refractivity contribution in [2.24, 2.45) is 11.8 Å². The van der Waals surface area contributed by atoms with Gasteiger partial charge in [0.25, 0.3) is 0 Å². The Labute approximate surface area is 117 Å². The molecule has 1 aliphatic heterocycles. The Morgan fingerprint density at radius 3 is 2.63 bits per heavy atom.